The molecular weight excluding hydrogens is 400 g/mol. The molecule has 4 rings (SSSR count). The molecule has 0 bridgehead atoms. The average Bonchev–Trinajstić information content (AvgIpc) is 3.24. The van der Waals surface area contributed by atoms with E-state index in [1.807, 2.05) is 24.3 Å². The van der Waals surface area contributed by atoms with E-state index in [9.17, 15) is 8.42 Å². The van der Waals surface area contributed by atoms with Crippen LogP contribution in [0, 0.1) is 5.92 Å². The van der Waals surface area contributed by atoms with E-state index in [2.05, 4.69) is 25.8 Å². The van der Waals surface area contributed by atoms with Crippen molar-refractivity contribution < 1.29 is 8.42 Å². The van der Waals surface area contributed by atoms with Crippen LogP contribution in [0.2, 0.25) is 0 Å². The van der Waals surface area contributed by atoms with Gasteiger partial charge in [-0.05, 0) is 49.7 Å². The van der Waals surface area contributed by atoms with Crippen LogP contribution in [0.1, 0.15) is 6.42 Å². The number of benzene rings is 2. The van der Waals surface area contributed by atoms with Crippen molar-refractivity contribution >= 4 is 36.7 Å². The minimum absolute atomic E-state index is 0.333. The van der Waals surface area contributed by atoms with Crippen LogP contribution in [0.4, 0.5) is 0 Å². The largest absolute Gasteiger partial charge is 0.346 e. The van der Waals surface area contributed by atoms with Gasteiger partial charge in [-0.15, -0.1) is 0 Å². The highest BCUT2D eigenvalue weighted by Gasteiger charge is 2.24. The maximum atomic E-state index is 13.1. The Bertz CT molecular complexity index is 1010. The molecule has 0 amide bonds. The molecule has 1 atom stereocenters. The summed E-state index contributed by atoms with van der Waals surface area (Å²) in [5, 5.41) is 4.15. The number of nitrogens with one attached hydrogen (secondary N) is 1. The van der Waals surface area contributed by atoms with Gasteiger partial charge in [-0.25, -0.2) is 8.42 Å². The third-order valence-corrected chi connectivity index (χ3v) is 7.06. The summed E-state index contributed by atoms with van der Waals surface area (Å²) in [5.74, 6) is 0.530. The molecule has 1 fully saturated rings. The molecule has 1 N–H and O–H groups in total. The first-order valence-electron chi connectivity index (χ1n) is 8.35. The van der Waals surface area contributed by atoms with Gasteiger partial charge in [0.2, 0.25) is 9.84 Å². The van der Waals surface area contributed by atoms with Crippen molar-refractivity contribution in [3.05, 3.63) is 59.2 Å². The summed E-state index contributed by atoms with van der Waals surface area (Å²) < 4.78 is 29.3. The van der Waals surface area contributed by atoms with Crippen LogP contribution < -0.4 is 5.32 Å². The summed E-state index contributed by atoms with van der Waals surface area (Å²) in [6, 6.07) is 14.4. The second-order valence-electron chi connectivity index (χ2n) is 6.48. The molecule has 3 aromatic rings. The van der Waals surface area contributed by atoms with Crippen LogP contribution in [-0.2, 0) is 16.4 Å². The van der Waals surface area contributed by atoms with E-state index in [0.29, 0.717) is 15.7 Å². The van der Waals surface area contributed by atoms with Crippen molar-refractivity contribution in [2.45, 2.75) is 22.8 Å². The number of sulfone groups is 1. The van der Waals surface area contributed by atoms with Crippen LogP contribution >= 0.6 is 15.9 Å². The van der Waals surface area contributed by atoms with Crippen molar-refractivity contribution in [2.75, 3.05) is 13.1 Å². The summed E-state index contributed by atoms with van der Waals surface area (Å²) >= 11 is 3.51. The summed E-state index contributed by atoms with van der Waals surface area (Å²) in [6.45, 7) is 2.83. The van der Waals surface area contributed by atoms with Crippen molar-refractivity contribution in [3.63, 3.8) is 0 Å². The highest BCUT2D eigenvalue weighted by Crippen LogP contribution is 2.32. The predicted octanol–water partition coefficient (Wildman–Crippen LogP) is 3.85. The summed E-state index contributed by atoms with van der Waals surface area (Å²) in [6.07, 6.45) is 2.92. The molecule has 0 aliphatic carbocycles. The zero-order valence-corrected chi connectivity index (χ0v) is 16.1. The Morgan fingerprint density at radius 1 is 1.16 bits per heavy atom. The average molecular weight is 419 g/mol. The quantitative estimate of drug-likeness (QED) is 0.699. The maximum Gasteiger partial charge on any atom is 0.208 e. The number of rotatable bonds is 4. The van der Waals surface area contributed by atoms with E-state index < -0.39 is 9.84 Å². The zero-order valence-electron chi connectivity index (χ0n) is 13.7. The Labute approximate surface area is 155 Å². The van der Waals surface area contributed by atoms with E-state index in [0.717, 1.165) is 41.4 Å². The van der Waals surface area contributed by atoms with Gasteiger partial charge in [0, 0.05) is 22.6 Å². The number of fused-ring (bicyclic) bond motifs is 1. The van der Waals surface area contributed by atoms with Crippen LogP contribution in [-0.4, -0.2) is 26.1 Å². The molecule has 1 aliphatic rings. The van der Waals surface area contributed by atoms with Gasteiger partial charge in [0.15, 0.2) is 0 Å². The Kier molecular flexibility index (Phi) is 4.43. The molecule has 1 aromatic heterocycles. The summed E-state index contributed by atoms with van der Waals surface area (Å²) in [5.41, 5.74) is 0.954. The van der Waals surface area contributed by atoms with Gasteiger partial charge in [-0.3, -0.25) is 0 Å². The standard InChI is InChI=1S/C19H19BrN2O2S/c20-15-6-7-17-18(10-15)22(12-14-8-9-21-11-14)13-19(17)25(23,24)16-4-2-1-3-5-16/h1-7,10,13-14,21H,8-9,11-12H2. The number of hydrogen-bond acceptors (Lipinski definition) is 3. The first-order valence-corrected chi connectivity index (χ1v) is 10.6. The van der Waals surface area contributed by atoms with Crippen molar-refractivity contribution in [1.29, 1.82) is 0 Å². The molecule has 1 unspecified atom stereocenters. The second-order valence-corrected chi connectivity index (χ2v) is 9.32. The fraction of sp³-hybridized carbons (Fsp3) is 0.263. The van der Waals surface area contributed by atoms with Crippen LogP contribution in [0.25, 0.3) is 10.9 Å². The molecule has 130 valence electrons. The predicted molar refractivity (Wildman–Crippen MR) is 103 cm³/mol. The fourth-order valence-electron chi connectivity index (χ4n) is 3.47. The van der Waals surface area contributed by atoms with E-state index in [1.54, 1.807) is 30.5 Å². The van der Waals surface area contributed by atoms with E-state index in [1.165, 1.54) is 0 Å². The monoisotopic (exact) mass is 418 g/mol. The molecule has 6 heteroatoms. The molecule has 1 saturated heterocycles. The molecule has 2 heterocycles. The Morgan fingerprint density at radius 3 is 2.68 bits per heavy atom. The molecule has 4 nitrogen and oxygen atoms in total. The lowest BCUT2D eigenvalue weighted by atomic mass is 10.1. The van der Waals surface area contributed by atoms with Gasteiger partial charge in [-0.2, -0.15) is 0 Å². The molecule has 25 heavy (non-hydrogen) atoms. The molecule has 1 aliphatic heterocycles. The van der Waals surface area contributed by atoms with Crippen LogP contribution in [0.3, 0.4) is 0 Å². The lowest BCUT2D eigenvalue weighted by molar-refractivity contribution is 0.489. The van der Waals surface area contributed by atoms with E-state index in [-0.39, 0.29) is 0 Å². The first-order chi connectivity index (χ1) is 12.1. The third kappa shape index (κ3) is 3.14. The number of nitrogens with zero attached hydrogens (tertiary/aromatic N) is 1. The zero-order chi connectivity index (χ0) is 17.4. The molecular formula is C19H19BrN2O2S. The van der Waals surface area contributed by atoms with Crippen molar-refractivity contribution in [2.24, 2.45) is 5.92 Å². The van der Waals surface area contributed by atoms with Crippen molar-refractivity contribution in [3.8, 4) is 0 Å². The molecule has 0 saturated carbocycles. The van der Waals surface area contributed by atoms with E-state index >= 15 is 0 Å². The van der Waals surface area contributed by atoms with Crippen molar-refractivity contribution in [1.82, 2.24) is 9.88 Å². The molecule has 0 radical (unpaired) electrons. The van der Waals surface area contributed by atoms with Crippen LogP contribution in [0.15, 0.2) is 69.0 Å². The third-order valence-electron chi connectivity index (χ3n) is 4.77. The van der Waals surface area contributed by atoms with Gasteiger partial charge >= 0.3 is 0 Å². The second kappa shape index (κ2) is 6.59. The normalized spacial score (nSPS) is 18.0. The molecule has 2 aromatic carbocycles. The van der Waals surface area contributed by atoms with Gasteiger partial charge in [0.25, 0.3) is 0 Å². The SMILES string of the molecule is O=S(=O)(c1ccccc1)c1cn(CC2CCNC2)c2cc(Br)ccc12. The van der Waals surface area contributed by atoms with Gasteiger partial charge < -0.3 is 9.88 Å². The Hall–Kier alpha value is -1.63. The van der Waals surface area contributed by atoms with Gasteiger partial charge in [0.05, 0.1) is 15.3 Å². The van der Waals surface area contributed by atoms with E-state index in [4.69, 9.17) is 0 Å². The van der Waals surface area contributed by atoms with Gasteiger partial charge in [-0.1, -0.05) is 40.2 Å². The van der Waals surface area contributed by atoms with Gasteiger partial charge in [0.1, 0.15) is 0 Å². The minimum atomic E-state index is -3.54. The minimum Gasteiger partial charge on any atom is -0.346 e. The Morgan fingerprint density at radius 2 is 1.96 bits per heavy atom. The maximum absolute atomic E-state index is 13.1. The lowest BCUT2D eigenvalue weighted by Gasteiger charge is -2.11. The highest BCUT2D eigenvalue weighted by atomic mass is 79.9. The molecule has 0 spiro atoms. The fourth-order valence-corrected chi connectivity index (χ4v) is 5.32. The topological polar surface area (TPSA) is 51.1 Å². The number of halogens is 1. The lowest BCUT2D eigenvalue weighted by Crippen LogP contribution is -2.14. The smallest absolute Gasteiger partial charge is 0.208 e. The summed E-state index contributed by atoms with van der Waals surface area (Å²) in [7, 11) is -3.54. The highest BCUT2D eigenvalue weighted by molar-refractivity contribution is 9.10. The summed E-state index contributed by atoms with van der Waals surface area (Å²) in [4.78, 5) is 0.714. The number of hydrogen-bond donors (Lipinski definition) is 1. The first kappa shape index (κ1) is 16.8. The Balaban J connectivity index is 1.87. The number of aromatic nitrogens is 1. The van der Waals surface area contributed by atoms with Crippen LogP contribution in [0.5, 0.6) is 0 Å².